The standard InChI is InChI=1S/C17H15NS/c18-13-17(19-16-9-5-2-6-10-16)11-15(12-17)14-7-3-1-4-8-14/h1-10,15H,11-12H2. The first-order valence-electron chi connectivity index (χ1n) is 6.52. The summed E-state index contributed by atoms with van der Waals surface area (Å²) in [6, 6.07) is 23.3. The van der Waals surface area contributed by atoms with E-state index in [9.17, 15) is 5.26 Å². The number of nitriles is 1. The second-order valence-electron chi connectivity index (χ2n) is 5.04. The summed E-state index contributed by atoms with van der Waals surface area (Å²) in [5.41, 5.74) is 1.36. The normalized spacial score (nSPS) is 25.3. The summed E-state index contributed by atoms with van der Waals surface area (Å²) in [7, 11) is 0. The topological polar surface area (TPSA) is 23.8 Å². The molecule has 3 rings (SSSR count). The van der Waals surface area contributed by atoms with Crippen molar-refractivity contribution in [2.45, 2.75) is 28.4 Å². The third kappa shape index (κ3) is 2.52. The molecule has 0 aliphatic heterocycles. The molecule has 0 N–H and O–H groups in total. The second-order valence-corrected chi connectivity index (χ2v) is 6.49. The van der Waals surface area contributed by atoms with Gasteiger partial charge < -0.3 is 0 Å². The van der Waals surface area contributed by atoms with E-state index >= 15 is 0 Å². The molecular formula is C17H15NS. The van der Waals surface area contributed by atoms with Crippen molar-refractivity contribution in [3.05, 3.63) is 66.2 Å². The van der Waals surface area contributed by atoms with Gasteiger partial charge in [0.1, 0.15) is 4.75 Å². The lowest BCUT2D eigenvalue weighted by Gasteiger charge is -2.42. The van der Waals surface area contributed by atoms with Gasteiger partial charge in [-0.3, -0.25) is 0 Å². The number of rotatable bonds is 3. The molecule has 0 unspecified atom stereocenters. The third-order valence-corrected chi connectivity index (χ3v) is 5.01. The minimum atomic E-state index is -0.234. The Kier molecular flexibility index (Phi) is 3.31. The number of benzene rings is 2. The summed E-state index contributed by atoms with van der Waals surface area (Å²) in [5, 5.41) is 9.49. The van der Waals surface area contributed by atoms with Crippen molar-refractivity contribution in [1.82, 2.24) is 0 Å². The highest BCUT2D eigenvalue weighted by atomic mass is 32.2. The average molecular weight is 265 g/mol. The molecule has 2 aromatic carbocycles. The van der Waals surface area contributed by atoms with Crippen LogP contribution < -0.4 is 0 Å². The van der Waals surface area contributed by atoms with Crippen molar-refractivity contribution in [2.24, 2.45) is 0 Å². The van der Waals surface area contributed by atoms with Crippen LogP contribution in [0, 0.1) is 11.3 Å². The molecule has 1 fully saturated rings. The van der Waals surface area contributed by atoms with Crippen LogP contribution in [0.25, 0.3) is 0 Å². The van der Waals surface area contributed by atoms with Gasteiger partial charge in [0.2, 0.25) is 0 Å². The van der Waals surface area contributed by atoms with Crippen LogP contribution >= 0.6 is 11.8 Å². The molecule has 1 saturated carbocycles. The minimum absolute atomic E-state index is 0.234. The van der Waals surface area contributed by atoms with Gasteiger partial charge in [-0.15, -0.1) is 11.8 Å². The molecule has 1 aliphatic carbocycles. The van der Waals surface area contributed by atoms with Gasteiger partial charge in [0, 0.05) is 4.90 Å². The monoisotopic (exact) mass is 265 g/mol. The molecule has 2 aromatic rings. The summed E-state index contributed by atoms with van der Waals surface area (Å²) in [5.74, 6) is 0.539. The van der Waals surface area contributed by atoms with Gasteiger partial charge in [-0.2, -0.15) is 5.26 Å². The predicted octanol–water partition coefficient (Wildman–Crippen LogP) is 4.62. The highest BCUT2D eigenvalue weighted by Crippen LogP contribution is 2.54. The van der Waals surface area contributed by atoms with Crippen molar-refractivity contribution in [2.75, 3.05) is 0 Å². The lowest BCUT2D eigenvalue weighted by Crippen LogP contribution is -2.38. The lowest BCUT2D eigenvalue weighted by atomic mass is 9.71. The van der Waals surface area contributed by atoms with Gasteiger partial charge in [0.05, 0.1) is 6.07 Å². The molecule has 0 radical (unpaired) electrons. The zero-order chi connectivity index (χ0) is 13.1. The lowest BCUT2D eigenvalue weighted by molar-refractivity contribution is 0.368. The number of thioether (sulfide) groups is 1. The van der Waals surface area contributed by atoms with Gasteiger partial charge in [0.25, 0.3) is 0 Å². The van der Waals surface area contributed by atoms with Gasteiger partial charge in [-0.1, -0.05) is 48.5 Å². The van der Waals surface area contributed by atoms with E-state index in [1.807, 2.05) is 24.3 Å². The smallest absolute Gasteiger partial charge is 0.108 e. The van der Waals surface area contributed by atoms with E-state index in [-0.39, 0.29) is 4.75 Å². The molecule has 0 spiro atoms. The summed E-state index contributed by atoms with van der Waals surface area (Å²) in [6.45, 7) is 0. The highest BCUT2D eigenvalue weighted by molar-refractivity contribution is 8.01. The molecular weight excluding hydrogens is 250 g/mol. The van der Waals surface area contributed by atoms with Crippen molar-refractivity contribution in [1.29, 1.82) is 5.26 Å². The Morgan fingerprint density at radius 1 is 0.947 bits per heavy atom. The quantitative estimate of drug-likeness (QED) is 0.808. The Morgan fingerprint density at radius 2 is 1.53 bits per heavy atom. The van der Waals surface area contributed by atoms with Crippen LogP contribution in [0.4, 0.5) is 0 Å². The first kappa shape index (κ1) is 12.3. The molecule has 0 amide bonds. The summed E-state index contributed by atoms with van der Waals surface area (Å²) in [4.78, 5) is 1.19. The number of nitrogens with zero attached hydrogens (tertiary/aromatic N) is 1. The van der Waals surface area contributed by atoms with Crippen LogP contribution in [-0.2, 0) is 0 Å². The van der Waals surface area contributed by atoms with E-state index in [1.165, 1.54) is 10.5 Å². The number of hydrogen-bond acceptors (Lipinski definition) is 2. The van der Waals surface area contributed by atoms with E-state index in [1.54, 1.807) is 11.8 Å². The van der Waals surface area contributed by atoms with E-state index in [4.69, 9.17) is 0 Å². The molecule has 19 heavy (non-hydrogen) atoms. The second kappa shape index (κ2) is 5.11. The molecule has 0 aromatic heterocycles. The first-order chi connectivity index (χ1) is 9.31. The third-order valence-electron chi connectivity index (χ3n) is 3.68. The SMILES string of the molecule is N#CC1(Sc2ccccc2)CC(c2ccccc2)C1. The molecule has 1 nitrogen and oxygen atoms in total. The fraction of sp³-hybridized carbons (Fsp3) is 0.235. The molecule has 0 atom stereocenters. The Hall–Kier alpha value is -1.72. The maximum atomic E-state index is 9.49. The van der Waals surface area contributed by atoms with Crippen molar-refractivity contribution >= 4 is 11.8 Å². The van der Waals surface area contributed by atoms with Crippen LogP contribution in [0.1, 0.15) is 24.3 Å². The Labute approximate surface area is 118 Å². The predicted molar refractivity (Wildman–Crippen MR) is 79.1 cm³/mol. The maximum absolute atomic E-state index is 9.49. The van der Waals surface area contributed by atoms with Crippen LogP contribution in [0.3, 0.4) is 0 Å². The van der Waals surface area contributed by atoms with Gasteiger partial charge in [-0.05, 0) is 36.5 Å². The Balaban J connectivity index is 1.71. The Morgan fingerprint density at radius 3 is 2.11 bits per heavy atom. The van der Waals surface area contributed by atoms with Crippen LogP contribution in [0.15, 0.2) is 65.6 Å². The minimum Gasteiger partial charge on any atom is -0.197 e. The summed E-state index contributed by atoms with van der Waals surface area (Å²) in [6.07, 6.45) is 1.90. The van der Waals surface area contributed by atoms with Crippen molar-refractivity contribution in [3.63, 3.8) is 0 Å². The molecule has 1 aliphatic rings. The first-order valence-corrected chi connectivity index (χ1v) is 7.33. The van der Waals surface area contributed by atoms with Gasteiger partial charge in [0.15, 0.2) is 0 Å². The molecule has 0 heterocycles. The fourth-order valence-corrected chi connectivity index (χ4v) is 3.97. The Bertz CT molecular complexity index is 580. The van der Waals surface area contributed by atoms with Crippen molar-refractivity contribution in [3.8, 4) is 6.07 Å². The fourth-order valence-electron chi connectivity index (χ4n) is 2.61. The van der Waals surface area contributed by atoms with E-state index in [0.717, 1.165) is 12.8 Å². The van der Waals surface area contributed by atoms with E-state index < -0.39 is 0 Å². The average Bonchev–Trinajstić information content (AvgIpc) is 2.44. The van der Waals surface area contributed by atoms with E-state index in [2.05, 4.69) is 42.5 Å². The number of hydrogen-bond donors (Lipinski definition) is 0. The highest BCUT2D eigenvalue weighted by Gasteiger charge is 2.46. The van der Waals surface area contributed by atoms with Gasteiger partial charge in [-0.25, -0.2) is 0 Å². The maximum Gasteiger partial charge on any atom is 0.108 e. The van der Waals surface area contributed by atoms with Crippen molar-refractivity contribution < 1.29 is 0 Å². The zero-order valence-corrected chi connectivity index (χ0v) is 11.4. The summed E-state index contributed by atoms with van der Waals surface area (Å²) < 4.78 is -0.234. The van der Waals surface area contributed by atoms with Crippen LogP contribution in [-0.4, -0.2) is 4.75 Å². The van der Waals surface area contributed by atoms with Crippen LogP contribution in [0.5, 0.6) is 0 Å². The molecule has 2 heteroatoms. The van der Waals surface area contributed by atoms with Crippen LogP contribution in [0.2, 0.25) is 0 Å². The van der Waals surface area contributed by atoms with E-state index in [0.29, 0.717) is 5.92 Å². The zero-order valence-electron chi connectivity index (χ0n) is 10.6. The summed E-state index contributed by atoms with van der Waals surface area (Å²) >= 11 is 1.72. The largest absolute Gasteiger partial charge is 0.197 e. The van der Waals surface area contributed by atoms with Gasteiger partial charge >= 0.3 is 0 Å². The molecule has 0 bridgehead atoms. The molecule has 94 valence electrons. The molecule has 0 saturated heterocycles.